The third-order valence-corrected chi connectivity index (χ3v) is 2.73. The Morgan fingerprint density at radius 1 is 1.24 bits per heavy atom. The van der Waals surface area contributed by atoms with Gasteiger partial charge in [-0.15, -0.1) is 0 Å². The molecule has 0 amide bonds. The maximum absolute atomic E-state index is 13.2. The molecule has 0 radical (unpaired) electrons. The SMILES string of the molecule is CS(=O)(=O)NCCNCc1ccc(F)cc1F. The molecule has 17 heavy (non-hydrogen) atoms. The van der Waals surface area contributed by atoms with Gasteiger partial charge in [0, 0.05) is 31.3 Å². The van der Waals surface area contributed by atoms with E-state index in [4.69, 9.17) is 0 Å². The van der Waals surface area contributed by atoms with E-state index in [1.165, 1.54) is 12.1 Å². The summed E-state index contributed by atoms with van der Waals surface area (Å²) in [6, 6.07) is 3.34. The average Bonchev–Trinajstić information content (AvgIpc) is 2.18. The third kappa shape index (κ3) is 5.71. The number of benzene rings is 1. The lowest BCUT2D eigenvalue weighted by molar-refractivity contribution is 0.556. The Bertz CT molecular complexity index is 477. The lowest BCUT2D eigenvalue weighted by Gasteiger charge is -2.06. The number of halogens is 2. The van der Waals surface area contributed by atoms with Crippen LogP contribution >= 0.6 is 0 Å². The molecule has 0 spiro atoms. The van der Waals surface area contributed by atoms with Crippen LogP contribution in [0.15, 0.2) is 18.2 Å². The van der Waals surface area contributed by atoms with E-state index in [-0.39, 0.29) is 13.1 Å². The van der Waals surface area contributed by atoms with Crippen molar-refractivity contribution in [3.8, 4) is 0 Å². The van der Waals surface area contributed by atoms with Crippen molar-refractivity contribution in [2.75, 3.05) is 19.3 Å². The number of hydrogen-bond acceptors (Lipinski definition) is 3. The molecule has 1 aromatic rings. The van der Waals surface area contributed by atoms with Crippen LogP contribution in [0.1, 0.15) is 5.56 Å². The molecule has 0 aliphatic carbocycles. The zero-order chi connectivity index (χ0) is 12.9. The van der Waals surface area contributed by atoms with E-state index < -0.39 is 21.7 Å². The van der Waals surface area contributed by atoms with Gasteiger partial charge in [-0.1, -0.05) is 6.07 Å². The van der Waals surface area contributed by atoms with Gasteiger partial charge in [0.05, 0.1) is 6.26 Å². The molecule has 4 nitrogen and oxygen atoms in total. The second kappa shape index (κ2) is 6.04. The van der Waals surface area contributed by atoms with Crippen LogP contribution in [0, 0.1) is 11.6 Å². The molecule has 0 saturated heterocycles. The van der Waals surface area contributed by atoms with Crippen LogP contribution in [0.25, 0.3) is 0 Å². The first-order valence-corrected chi connectivity index (χ1v) is 6.87. The monoisotopic (exact) mass is 264 g/mol. The van der Waals surface area contributed by atoms with Gasteiger partial charge in [-0.3, -0.25) is 0 Å². The highest BCUT2D eigenvalue weighted by Crippen LogP contribution is 2.08. The highest BCUT2D eigenvalue weighted by molar-refractivity contribution is 7.88. The van der Waals surface area contributed by atoms with Crippen LogP contribution in [0.3, 0.4) is 0 Å². The summed E-state index contributed by atoms with van der Waals surface area (Å²) < 4.78 is 49.5. The number of hydrogen-bond donors (Lipinski definition) is 2. The minimum atomic E-state index is -3.20. The molecule has 0 fully saturated rings. The van der Waals surface area contributed by atoms with Crippen LogP contribution in [0.4, 0.5) is 8.78 Å². The van der Waals surface area contributed by atoms with Gasteiger partial charge in [-0.05, 0) is 6.07 Å². The Morgan fingerprint density at radius 3 is 2.53 bits per heavy atom. The lowest BCUT2D eigenvalue weighted by atomic mass is 10.2. The Hall–Kier alpha value is -1.05. The molecule has 0 aromatic heterocycles. The second-order valence-electron chi connectivity index (χ2n) is 3.58. The van der Waals surface area contributed by atoms with Gasteiger partial charge in [-0.2, -0.15) is 0 Å². The van der Waals surface area contributed by atoms with E-state index in [2.05, 4.69) is 10.0 Å². The van der Waals surface area contributed by atoms with E-state index in [0.717, 1.165) is 12.3 Å². The average molecular weight is 264 g/mol. The van der Waals surface area contributed by atoms with E-state index in [0.29, 0.717) is 12.1 Å². The molecule has 96 valence electrons. The number of sulfonamides is 1. The fourth-order valence-electron chi connectivity index (χ4n) is 1.21. The molecule has 0 aliphatic rings. The van der Waals surface area contributed by atoms with Crippen LogP contribution in [0.5, 0.6) is 0 Å². The predicted octanol–water partition coefficient (Wildman–Crippen LogP) is 0.604. The molecule has 0 heterocycles. The zero-order valence-corrected chi connectivity index (χ0v) is 10.2. The Balaban J connectivity index is 2.32. The van der Waals surface area contributed by atoms with Gasteiger partial charge in [-0.25, -0.2) is 21.9 Å². The maximum atomic E-state index is 13.2. The molecule has 2 N–H and O–H groups in total. The Kier molecular flexibility index (Phi) is 4.98. The summed E-state index contributed by atoms with van der Waals surface area (Å²) in [4.78, 5) is 0. The van der Waals surface area contributed by atoms with Crippen LogP contribution in [-0.4, -0.2) is 27.8 Å². The molecule has 0 bridgehead atoms. The van der Waals surface area contributed by atoms with E-state index in [1.54, 1.807) is 0 Å². The molecule has 0 atom stereocenters. The van der Waals surface area contributed by atoms with Crippen molar-refractivity contribution in [1.29, 1.82) is 0 Å². The summed E-state index contributed by atoms with van der Waals surface area (Å²) >= 11 is 0. The van der Waals surface area contributed by atoms with Crippen molar-refractivity contribution in [2.45, 2.75) is 6.54 Å². The fourth-order valence-corrected chi connectivity index (χ4v) is 1.69. The van der Waals surface area contributed by atoms with E-state index in [9.17, 15) is 17.2 Å². The first-order chi connectivity index (χ1) is 7.88. The standard InChI is InChI=1S/C10H14F2N2O2S/c1-17(15,16)14-5-4-13-7-8-2-3-9(11)6-10(8)12/h2-3,6,13-14H,4-5,7H2,1H3. The predicted molar refractivity (Wildman–Crippen MR) is 60.9 cm³/mol. The second-order valence-corrected chi connectivity index (χ2v) is 5.41. The smallest absolute Gasteiger partial charge is 0.208 e. The van der Waals surface area contributed by atoms with Crippen LogP contribution in [0.2, 0.25) is 0 Å². The zero-order valence-electron chi connectivity index (χ0n) is 9.33. The summed E-state index contributed by atoms with van der Waals surface area (Å²) in [6.07, 6.45) is 1.06. The number of rotatable bonds is 6. The Morgan fingerprint density at radius 2 is 1.94 bits per heavy atom. The minimum absolute atomic E-state index is 0.220. The van der Waals surface area contributed by atoms with Gasteiger partial charge in [0.15, 0.2) is 0 Å². The largest absolute Gasteiger partial charge is 0.311 e. The van der Waals surface area contributed by atoms with Gasteiger partial charge in [0.2, 0.25) is 10.0 Å². The van der Waals surface area contributed by atoms with Crippen LogP contribution < -0.4 is 10.0 Å². The van der Waals surface area contributed by atoms with Crippen LogP contribution in [-0.2, 0) is 16.6 Å². The lowest BCUT2D eigenvalue weighted by Crippen LogP contribution is -2.30. The van der Waals surface area contributed by atoms with E-state index >= 15 is 0 Å². The Labute approximate surface area is 99.1 Å². The fraction of sp³-hybridized carbons (Fsp3) is 0.400. The first kappa shape index (κ1) is 14.0. The van der Waals surface area contributed by atoms with Crippen molar-refractivity contribution in [3.05, 3.63) is 35.4 Å². The minimum Gasteiger partial charge on any atom is -0.311 e. The summed E-state index contributed by atoms with van der Waals surface area (Å²) in [5.41, 5.74) is 0.339. The molecular weight excluding hydrogens is 250 g/mol. The maximum Gasteiger partial charge on any atom is 0.208 e. The van der Waals surface area contributed by atoms with Crippen molar-refractivity contribution in [1.82, 2.24) is 10.0 Å². The van der Waals surface area contributed by atoms with Crippen molar-refractivity contribution in [3.63, 3.8) is 0 Å². The van der Waals surface area contributed by atoms with Gasteiger partial charge >= 0.3 is 0 Å². The molecular formula is C10H14F2N2O2S. The summed E-state index contributed by atoms with van der Waals surface area (Å²) in [7, 11) is -3.20. The third-order valence-electron chi connectivity index (χ3n) is 2.00. The van der Waals surface area contributed by atoms with E-state index in [1.807, 2.05) is 0 Å². The van der Waals surface area contributed by atoms with Gasteiger partial charge in [0.1, 0.15) is 11.6 Å². The quantitative estimate of drug-likeness (QED) is 0.740. The molecule has 7 heteroatoms. The van der Waals surface area contributed by atoms with Crippen molar-refractivity contribution >= 4 is 10.0 Å². The summed E-state index contributed by atoms with van der Waals surface area (Å²) in [5.74, 6) is -1.24. The molecule has 0 saturated carbocycles. The van der Waals surface area contributed by atoms with Crippen molar-refractivity contribution in [2.24, 2.45) is 0 Å². The topological polar surface area (TPSA) is 58.2 Å². The number of nitrogens with one attached hydrogen (secondary N) is 2. The normalized spacial score (nSPS) is 11.7. The van der Waals surface area contributed by atoms with Crippen molar-refractivity contribution < 1.29 is 17.2 Å². The first-order valence-electron chi connectivity index (χ1n) is 4.98. The summed E-state index contributed by atoms with van der Waals surface area (Å²) in [5, 5.41) is 2.85. The molecule has 0 aliphatic heterocycles. The molecule has 1 aromatic carbocycles. The highest BCUT2D eigenvalue weighted by atomic mass is 32.2. The molecule has 1 rings (SSSR count). The molecule has 0 unspecified atom stereocenters. The van der Waals surface area contributed by atoms with Gasteiger partial charge < -0.3 is 5.32 Å². The highest BCUT2D eigenvalue weighted by Gasteiger charge is 2.03. The summed E-state index contributed by atoms with van der Waals surface area (Å²) in [6.45, 7) is 0.809. The van der Waals surface area contributed by atoms with Gasteiger partial charge in [0.25, 0.3) is 0 Å².